The molecule has 0 saturated heterocycles. The molecule has 0 bridgehead atoms. The number of nitrogens with one attached hydrogen (secondary N) is 2. The molecule has 4 heteroatoms. The monoisotopic (exact) mass is 200 g/mol. The van der Waals surface area contributed by atoms with E-state index in [0.717, 1.165) is 25.7 Å². The Labute approximate surface area is 85.1 Å². The van der Waals surface area contributed by atoms with Crippen molar-refractivity contribution in [3.05, 3.63) is 0 Å². The second-order valence-corrected chi connectivity index (χ2v) is 3.81. The number of carbonyl (C=O) groups is 1. The minimum atomic E-state index is -0.0603. The number of hydrogen-bond donors (Lipinski definition) is 3. The van der Waals surface area contributed by atoms with Gasteiger partial charge in [0.1, 0.15) is 0 Å². The van der Waals surface area contributed by atoms with E-state index in [9.17, 15) is 4.79 Å². The Morgan fingerprint density at radius 1 is 1.29 bits per heavy atom. The Morgan fingerprint density at radius 2 is 2.00 bits per heavy atom. The number of unbranched alkanes of at least 4 members (excludes halogenated alkanes) is 1. The van der Waals surface area contributed by atoms with Crippen LogP contribution in [0.5, 0.6) is 0 Å². The Bertz CT molecular complexity index is 168. The lowest BCUT2D eigenvalue weighted by Crippen LogP contribution is -2.41. The summed E-state index contributed by atoms with van der Waals surface area (Å²) >= 11 is 0. The standard InChI is InChI=1S/C10H20N2O2/c13-8-4-3-7-11-10(14)12-9-5-1-2-6-9/h9,13H,1-8H2,(H2,11,12,14). The minimum Gasteiger partial charge on any atom is -0.396 e. The molecule has 0 aromatic heterocycles. The van der Waals surface area contributed by atoms with E-state index in [1.807, 2.05) is 0 Å². The summed E-state index contributed by atoms with van der Waals surface area (Å²) in [6.07, 6.45) is 6.29. The van der Waals surface area contributed by atoms with Gasteiger partial charge in [0.25, 0.3) is 0 Å². The molecule has 2 amide bonds. The number of aliphatic hydroxyl groups excluding tert-OH is 1. The highest BCUT2D eigenvalue weighted by Gasteiger charge is 2.16. The largest absolute Gasteiger partial charge is 0.396 e. The highest BCUT2D eigenvalue weighted by Crippen LogP contribution is 2.17. The molecule has 1 fully saturated rings. The van der Waals surface area contributed by atoms with Gasteiger partial charge in [-0.2, -0.15) is 0 Å². The van der Waals surface area contributed by atoms with E-state index in [-0.39, 0.29) is 12.6 Å². The first kappa shape index (κ1) is 11.3. The maximum Gasteiger partial charge on any atom is 0.315 e. The molecule has 3 N–H and O–H groups in total. The van der Waals surface area contributed by atoms with Gasteiger partial charge in [-0.25, -0.2) is 4.79 Å². The van der Waals surface area contributed by atoms with Gasteiger partial charge in [0.05, 0.1) is 0 Å². The summed E-state index contributed by atoms with van der Waals surface area (Å²) in [5, 5.41) is 14.3. The molecule has 4 nitrogen and oxygen atoms in total. The van der Waals surface area contributed by atoms with Crippen LogP contribution >= 0.6 is 0 Å². The predicted molar refractivity (Wildman–Crippen MR) is 55.1 cm³/mol. The first-order chi connectivity index (χ1) is 6.83. The zero-order valence-electron chi connectivity index (χ0n) is 8.59. The summed E-state index contributed by atoms with van der Waals surface area (Å²) in [7, 11) is 0. The van der Waals surface area contributed by atoms with Crippen molar-refractivity contribution in [3.8, 4) is 0 Å². The number of urea groups is 1. The molecular weight excluding hydrogens is 180 g/mol. The van der Waals surface area contributed by atoms with Crippen LogP contribution in [0.25, 0.3) is 0 Å². The second-order valence-electron chi connectivity index (χ2n) is 3.81. The van der Waals surface area contributed by atoms with Gasteiger partial charge in [-0.05, 0) is 25.7 Å². The van der Waals surface area contributed by atoms with Gasteiger partial charge in [0, 0.05) is 19.2 Å². The lowest BCUT2D eigenvalue weighted by atomic mass is 10.2. The third-order valence-corrected chi connectivity index (χ3v) is 2.56. The summed E-state index contributed by atoms with van der Waals surface area (Å²) in [5.74, 6) is 0. The number of rotatable bonds is 5. The smallest absolute Gasteiger partial charge is 0.315 e. The van der Waals surface area contributed by atoms with E-state index >= 15 is 0 Å². The summed E-state index contributed by atoms with van der Waals surface area (Å²) < 4.78 is 0. The molecular formula is C10H20N2O2. The lowest BCUT2D eigenvalue weighted by Gasteiger charge is -2.12. The fraction of sp³-hybridized carbons (Fsp3) is 0.900. The van der Waals surface area contributed by atoms with Gasteiger partial charge < -0.3 is 15.7 Å². The van der Waals surface area contributed by atoms with Crippen molar-refractivity contribution in [2.24, 2.45) is 0 Å². The highest BCUT2D eigenvalue weighted by molar-refractivity contribution is 5.74. The molecule has 0 spiro atoms. The van der Waals surface area contributed by atoms with Gasteiger partial charge >= 0.3 is 6.03 Å². The molecule has 1 aliphatic rings. The van der Waals surface area contributed by atoms with Crippen LogP contribution in [0.2, 0.25) is 0 Å². The first-order valence-corrected chi connectivity index (χ1v) is 5.48. The van der Waals surface area contributed by atoms with Crippen molar-refractivity contribution in [1.82, 2.24) is 10.6 Å². The van der Waals surface area contributed by atoms with Crippen molar-refractivity contribution in [2.45, 2.75) is 44.6 Å². The van der Waals surface area contributed by atoms with Crippen molar-refractivity contribution in [3.63, 3.8) is 0 Å². The van der Waals surface area contributed by atoms with E-state index in [4.69, 9.17) is 5.11 Å². The summed E-state index contributed by atoms with van der Waals surface area (Å²) in [6, 6.07) is 0.322. The number of aliphatic hydroxyl groups is 1. The Kier molecular flexibility index (Phi) is 5.37. The average Bonchev–Trinajstić information content (AvgIpc) is 2.65. The fourth-order valence-corrected chi connectivity index (χ4v) is 1.75. The molecule has 1 rings (SSSR count). The minimum absolute atomic E-state index is 0.0603. The summed E-state index contributed by atoms with van der Waals surface area (Å²) in [4.78, 5) is 11.3. The predicted octanol–water partition coefficient (Wildman–Crippen LogP) is 1.00. The zero-order valence-corrected chi connectivity index (χ0v) is 8.59. The van der Waals surface area contributed by atoms with E-state index < -0.39 is 0 Å². The van der Waals surface area contributed by atoms with Crippen molar-refractivity contribution >= 4 is 6.03 Å². The van der Waals surface area contributed by atoms with Gasteiger partial charge in [0.15, 0.2) is 0 Å². The molecule has 1 aliphatic carbocycles. The Hall–Kier alpha value is -0.770. The average molecular weight is 200 g/mol. The molecule has 0 aromatic rings. The van der Waals surface area contributed by atoms with E-state index in [0.29, 0.717) is 12.6 Å². The van der Waals surface area contributed by atoms with E-state index in [2.05, 4.69) is 10.6 Å². The molecule has 0 aromatic carbocycles. The Morgan fingerprint density at radius 3 is 2.64 bits per heavy atom. The van der Waals surface area contributed by atoms with Gasteiger partial charge in [-0.15, -0.1) is 0 Å². The van der Waals surface area contributed by atoms with Crippen LogP contribution in [0.3, 0.4) is 0 Å². The molecule has 1 saturated carbocycles. The topological polar surface area (TPSA) is 61.4 Å². The first-order valence-electron chi connectivity index (χ1n) is 5.48. The third kappa shape index (κ3) is 4.46. The SMILES string of the molecule is O=C(NCCCCO)NC1CCCC1. The van der Waals surface area contributed by atoms with E-state index in [1.54, 1.807) is 0 Å². The van der Waals surface area contributed by atoms with Crippen LogP contribution in [0, 0.1) is 0 Å². The second kappa shape index (κ2) is 6.65. The van der Waals surface area contributed by atoms with Crippen LogP contribution in [0.1, 0.15) is 38.5 Å². The maximum atomic E-state index is 11.3. The van der Waals surface area contributed by atoms with Crippen LogP contribution in [0.15, 0.2) is 0 Å². The number of carbonyl (C=O) groups excluding carboxylic acids is 1. The molecule has 14 heavy (non-hydrogen) atoms. The van der Waals surface area contributed by atoms with Gasteiger partial charge in [0.2, 0.25) is 0 Å². The molecule has 82 valence electrons. The number of amides is 2. The van der Waals surface area contributed by atoms with Crippen LogP contribution < -0.4 is 10.6 Å². The molecule has 0 radical (unpaired) electrons. The lowest BCUT2D eigenvalue weighted by molar-refractivity contribution is 0.235. The zero-order chi connectivity index (χ0) is 10.2. The summed E-state index contributed by atoms with van der Waals surface area (Å²) in [5.41, 5.74) is 0. The van der Waals surface area contributed by atoms with Crippen molar-refractivity contribution in [1.29, 1.82) is 0 Å². The van der Waals surface area contributed by atoms with Gasteiger partial charge in [-0.1, -0.05) is 12.8 Å². The van der Waals surface area contributed by atoms with Crippen LogP contribution in [-0.4, -0.2) is 30.3 Å². The Balaban J connectivity index is 1.98. The van der Waals surface area contributed by atoms with Gasteiger partial charge in [-0.3, -0.25) is 0 Å². The van der Waals surface area contributed by atoms with E-state index in [1.165, 1.54) is 12.8 Å². The molecule has 0 aliphatic heterocycles. The number of hydrogen-bond acceptors (Lipinski definition) is 2. The van der Waals surface area contributed by atoms with Crippen LogP contribution in [-0.2, 0) is 0 Å². The maximum absolute atomic E-state index is 11.3. The normalized spacial score (nSPS) is 16.9. The third-order valence-electron chi connectivity index (χ3n) is 2.56. The van der Waals surface area contributed by atoms with Crippen molar-refractivity contribution in [2.75, 3.05) is 13.2 Å². The summed E-state index contributed by atoms with van der Waals surface area (Å²) in [6.45, 7) is 0.852. The molecule has 0 heterocycles. The highest BCUT2D eigenvalue weighted by atomic mass is 16.3. The van der Waals surface area contributed by atoms with Crippen LogP contribution in [0.4, 0.5) is 4.79 Å². The molecule has 0 atom stereocenters. The van der Waals surface area contributed by atoms with Crippen molar-refractivity contribution < 1.29 is 9.90 Å². The molecule has 0 unspecified atom stereocenters. The quantitative estimate of drug-likeness (QED) is 0.580. The fourth-order valence-electron chi connectivity index (χ4n) is 1.75.